The lowest BCUT2D eigenvalue weighted by molar-refractivity contribution is 0.477. The molecule has 0 saturated heterocycles. The zero-order chi connectivity index (χ0) is 13.1. The van der Waals surface area contributed by atoms with Crippen molar-refractivity contribution >= 4 is 28.9 Å². The molecule has 0 amide bonds. The summed E-state index contributed by atoms with van der Waals surface area (Å²) in [5.74, 6) is 1.20. The summed E-state index contributed by atoms with van der Waals surface area (Å²) >= 11 is 12.2. The molecule has 2 aromatic carbocycles. The molecule has 2 nitrogen and oxygen atoms in total. The molecule has 0 aromatic heterocycles. The van der Waals surface area contributed by atoms with Crippen molar-refractivity contribution in [2.24, 2.45) is 0 Å². The van der Waals surface area contributed by atoms with Gasteiger partial charge in [0.25, 0.3) is 0 Å². The minimum Gasteiger partial charge on any atom is -0.454 e. The van der Waals surface area contributed by atoms with Gasteiger partial charge in [-0.1, -0.05) is 48.3 Å². The van der Waals surface area contributed by atoms with E-state index >= 15 is 0 Å². The van der Waals surface area contributed by atoms with E-state index in [1.54, 1.807) is 12.1 Å². The highest BCUT2D eigenvalue weighted by molar-refractivity contribution is 6.37. The van der Waals surface area contributed by atoms with Gasteiger partial charge in [0.2, 0.25) is 0 Å². The Morgan fingerprint density at radius 1 is 1.11 bits per heavy atom. The van der Waals surface area contributed by atoms with Gasteiger partial charge in [-0.05, 0) is 30.2 Å². The van der Waals surface area contributed by atoms with E-state index in [0.29, 0.717) is 21.5 Å². The van der Waals surface area contributed by atoms with E-state index in [9.17, 15) is 0 Å². The van der Waals surface area contributed by atoms with Gasteiger partial charge in [-0.25, -0.2) is 0 Å². The molecule has 0 spiro atoms. The quantitative estimate of drug-likeness (QED) is 0.810. The molecule has 2 rings (SSSR count). The molecule has 0 bridgehead atoms. The molecule has 0 radical (unpaired) electrons. The van der Waals surface area contributed by atoms with Gasteiger partial charge >= 0.3 is 0 Å². The van der Waals surface area contributed by atoms with Gasteiger partial charge in [-0.15, -0.1) is 0 Å². The molecule has 2 N–H and O–H groups in total. The fraction of sp³-hybridized carbons (Fsp3) is 0.143. The standard InChI is InChI=1S/C14H13Cl2NO/c1-2-9-5-3-4-6-13(9)18-14-11(15)7-10(17)8-12(14)16/h3-8H,2,17H2,1H3. The highest BCUT2D eigenvalue weighted by Gasteiger charge is 2.11. The lowest BCUT2D eigenvalue weighted by atomic mass is 10.1. The van der Waals surface area contributed by atoms with E-state index < -0.39 is 0 Å². The van der Waals surface area contributed by atoms with Crippen LogP contribution in [0.1, 0.15) is 12.5 Å². The Hall–Kier alpha value is -1.38. The SMILES string of the molecule is CCc1ccccc1Oc1c(Cl)cc(N)cc1Cl. The van der Waals surface area contributed by atoms with Gasteiger partial charge in [0.05, 0.1) is 10.0 Å². The summed E-state index contributed by atoms with van der Waals surface area (Å²) in [6, 6.07) is 11.0. The predicted molar refractivity (Wildman–Crippen MR) is 76.8 cm³/mol. The zero-order valence-electron chi connectivity index (χ0n) is 9.91. The van der Waals surface area contributed by atoms with Crippen LogP contribution in [-0.4, -0.2) is 0 Å². The molecule has 0 unspecified atom stereocenters. The molecule has 0 saturated carbocycles. The average molecular weight is 282 g/mol. The van der Waals surface area contributed by atoms with Crippen molar-refractivity contribution in [2.75, 3.05) is 5.73 Å². The number of hydrogen-bond donors (Lipinski definition) is 1. The fourth-order valence-corrected chi connectivity index (χ4v) is 2.26. The second kappa shape index (κ2) is 5.51. The highest BCUT2D eigenvalue weighted by Crippen LogP contribution is 2.38. The van der Waals surface area contributed by atoms with Crippen molar-refractivity contribution in [3.63, 3.8) is 0 Å². The van der Waals surface area contributed by atoms with Crippen LogP contribution < -0.4 is 10.5 Å². The molecule has 0 atom stereocenters. The Labute approximate surface area is 116 Å². The van der Waals surface area contributed by atoms with Crippen molar-refractivity contribution in [2.45, 2.75) is 13.3 Å². The van der Waals surface area contributed by atoms with E-state index in [1.165, 1.54) is 0 Å². The maximum Gasteiger partial charge on any atom is 0.164 e. The van der Waals surface area contributed by atoms with Crippen molar-refractivity contribution in [3.05, 3.63) is 52.0 Å². The number of ether oxygens (including phenoxy) is 1. The molecular formula is C14H13Cl2NO. The fourth-order valence-electron chi connectivity index (χ4n) is 1.68. The topological polar surface area (TPSA) is 35.2 Å². The molecule has 0 aliphatic carbocycles. The van der Waals surface area contributed by atoms with E-state index in [1.807, 2.05) is 24.3 Å². The third-order valence-corrected chi connectivity index (χ3v) is 3.15. The van der Waals surface area contributed by atoms with Crippen LogP contribution in [0, 0.1) is 0 Å². The first-order valence-electron chi connectivity index (χ1n) is 5.62. The Balaban J connectivity index is 2.40. The van der Waals surface area contributed by atoms with Gasteiger partial charge in [-0.2, -0.15) is 0 Å². The van der Waals surface area contributed by atoms with Crippen LogP contribution in [0.2, 0.25) is 10.0 Å². The van der Waals surface area contributed by atoms with Crippen molar-refractivity contribution in [3.8, 4) is 11.5 Å². The molecule has 0 aliphatic rings. The Bertz CT molecular complexity index is 546. The molecule has 0 fully saturated rings. The van der Waals surface area contributed by atoms with E-state index in [-0.39, 0.29) is 0 Å². The van der Waals surface area contributed by atoms with Crippen LogP contribution in [0.3, 0.4) is 0 Å². The van der Waals surface area contributed by atoms with Crippen molar-refractivity contribution in [1.29, 1.82) is 0 Å². The smallest absolute Gasteiger partial charge is 0.164 e. The first kappa shape index (κ1) is 13.1. The molecule has 0 aliphatic heterocycles. The maximum absolute atomic E-state index is 6.09. The number of halogens is 2. The van der Waals surface area contributed by atoms with Crippen molar-refractivity contribution in [1.82, 2.24) is 0 Å². The Morgan fingerprint density at radius 2 is 1.72 bits per heavy atom. The number of rotatable bonds is 3. The minimum atomic E-state index is 0.408. The second-order valence-electron chi connectivity index (χ2n) is 3.88. The number of nitrogen functional groups attached to an aromatic ring is 1. The molecule has 94 valence electrons. The monoisotopic (exact) mass is 281 g/mol. The van der Waals surface area contributed by atoms with Crippen LogP contribution in [0.5, 0.6) is 11.5 Å². The van der Waals surface area contributed by atoms with Gasteiger partial charge in [0.1, 0.15) is 5.75 Å². The molecule has 4 heteroatoms. The summed E-state index contributed by atoms with van der Waals surface area (Å²) in [5.41, 5.74) is 7.27. The van der Waals surface area contributed by atoms with Crippen LogP contribution in [0.4, 0.5) is 5.69 Å². The van der Waals surface area contributed by atoms with E-state index in [4.69, 9.17) is 33.7 Å². The Kier molecular flexibility index (Phi) is 4.00. The number of nitrogens with two attached hydrogens (primary N) is 1. The lowest BCUT2D eigenvalue weighted by Crippen LogP contribution is -1.93. The van der Waals surface area contributed by atoms with E-state index in [2.05, 4.69) is 6.92 Å². The third kappa shape index (κ3) is 2.71. The van der Waals surface area contributed by atoms with Gasteiger partial charge in [0, 0.05) is 5.69 Å². The van der Waals surface area contributed by atoms with Crippen LogP contribution in [-0.2, 0) is 6.42 Å². The molecule has 18 heavy (non-hydrogen) atoms. The average Bonchev–Trinajstić information content (AvgIpc) is 2.34. The third-order valence-electron chi connectivity index (χ3n) is 2.59. The van der Waals surface area contributed by atoms with Crippen molar-refractivity contribution < 1.29 is 4.74 Å². The normalized spacial score (nSPS) is 10.4. The zero-order valence-corrected chi connectivity index (χ0v) is 11.4. The predicted octanol–water partition coefficient (Wildman–Crippen LogP) is 4.93. The second-order valence-corrected chi connectivity index (χ2v) is 4.69. The van der Waals surface area contributed by atoms with Gasteiger partial charge < -0.3 is 10.5 Å². The first-order chi connectivity index (χ1) is 8.61. The van der Waals surface area contributed by atoms with E-state index in [0.717, 1.165) is 17.7 Å². The summed E-state index contributed by atoms with van der Waals surface area (Å²) in [7, 11) is 0. The maximum atomic E-state index is 6.09. The summed E-state index contributed by atoms with van der Waals surface area (Å²) in [6.07, 6.45) is 0.875. The van der Waals surface area contributed by atoms with Crippen LogP contribution in [0.15, 0.2) is 36.4 Å². The number of para-hydroxylation sites is 1. The number of aryl methyl sites for hydroxylation is 1. The van der Waals surface area contributed by atoms with Gasteiger partial charge in [0.15, 0.2) is 5.75 Å². The largest absolute Gasteiger partial charge is 0.454 e. The molecular weight excluding hydrogens is 269 g/mol. The number of anilines is 1. The Morgan fingerprint density at radius 3 is 2.33 bits per heavy atom. The molecule has 0 heterocycles. The number of hydrogen-bond acceptors (Lipinski definition) is 2. The summed E-state index contributed by atoms with van der Waals surface area (Å²) in [6.45, 7) is 2.06. The number of benzene rings is 2. The highest BCUT2D eigenvalue weighted by atomic mass is 35.5. The first-order valence-corrected chi connectivity index (χ1v) is 6.37. The summed E-state index contributed by atoms with van der Waals surface area (Å²) < 4.78 is 5.80. The van der Waals surface area contributed by atoms with Crippen LogP contribution >= 0.6 is 23.2 Å². The summed E-state index contributed by atoms with van der Waals surface area (Å²) in [5, 5.41) is 0.816. The summed E-state index contributed by atoms with van der Waals surface area (Å²) in [4.78, 5) is 0. The minimum absolute atomic E-state index is 0.408. The molecule has 2 aromatic rings. The van der Waals surface area contributed by atoms with Gasteiger partial charge in [-0.3, -0.25) is 0 Å². The van der Waals surface area contributed by atoms with Crippen LogP contribution in [0.25, 0.3) is 0 Å². The lowest BCUT2D eigenvalue weighted by Gasteiger charge is -2.13.